The molecule has 0 spiro atoms. The van der Waals surface area contributed by atoms with E-state index in [1.54, 1.807) is 13.0 Å². The average Bonchev–Trinajstić information content (AvgIpc) is 2.96. The molecule has 1 N–H and O–H groups in total. The average molecular weight is 311 g/mol. The van der Waals surface area contributed by atoms with E-state index in [4.69, 9.17) is 4.74 Å². The van der Waals surface area contributed by atoms with Crippen LogP contribution >= 0.6 is 0 Å². The second kappa shape index (κ2) is 6.41. The number of aryl methyl sites for hydroxylation is 2. The minimum absolute atomic E-state index is 0.0742. The van der Waals surface area contributed by atoms with Crippen molar-refractivity contribution < 1.29 is 9.53 Å². The van der Waals surface area contributed by atoms with Crippen LogP contribution in [0.3, 0.4) is 0 Å². The van der Waals surface area contributed by atoms with Crippen molar-refractivity contribution in [2.75, 3.05) is 0 Å². The fourth-order valence-electron chi connectivity index (χ4n) is 3.20. The van der Waals surface area contributed by atoms with Crippen molar-refractivity contribution in [3.8, 4) is 0 Å². The van der Waals surface area contributed by atoms with Crippen molar-refractivity contribution in [3.63, 3.8) is 0 Å². The monoisotopic (exact) mass is 311 g/mol. The van der Waals surface area contributed by atoms with E-state index >= 15 is 0 Å². The molecule has 0 unspecified atom stereocenters. The van der Waals surface area contributed by atoms with E-state index < -0.39 is 5.97 Å². The molecule has 2 atom stereocenters. The first-order valence-corrected chi connectivity index (χ1v) is 8.02. The van der Waals surface area contributed by atoms with Crippen LogP contribution < -0.4 is 5.56 Å². The summed E-state index contributed by atoms with van der Waals surface area (Å²) in [6.45, 7) is 3.83. The van der Waals surface area contributed by atoms with Crippen LogP contribution in [0.2, 0.25) is 0 Å². The van der Waals surface area contributed by atoms with Gasteiger partial charge in [-0.2, -0.15) is 0 Å². The van der Waals surface area contributed by atoms with Gasteiger partial charge in [0, 0.05) is 11.6 Å². The summed E-state index contributed by atoms with van der Waals surface area (Å²) in [5.74, 6) is -0.320. The minimum atomic E-state index is -0.532. The van der Waals surface area contributed by atoms with E-state index in [1.165, 1.54) is 17.2 Å². The van der Waals surface area contributed by atoms with Crippen LogP contribution in [0.5, 0.6) is 0 Å². The van der Waals surface area contributed by atoms with Gasteiger partial charge < -0.3 is 9.72 Å². The van der Waals surface area contributed by atoms with Crippen LogP contribution in [-0.2, 0) is 4.74 Å². The Hall–Kier alpha value is -2.36. The summed E-state index contributed by atoms with van der Waals surface area (Å²) >= 11 is 0. The maximum absolute atomic E-state index is 12.3. The Balaban J connectivity index is 1.77. The summed E-state index contributed by atoms with van der Waals surface area (Å²) in [5.41, 5.74) is 2.82. The fraction of sp³-hybridized carbons (Fsp3) is 0.368. The molecule has 1 aliphatic carbocycles. The van der Waals surface area contributed by atoms with Gasteiger partial charge in [-0.1, -0.05) is 29.8 Å². The predicted octanol–water partition coefficient (Wildman–Crippen LogP) is 3.48. The lowest BCUT2D eigenvalue weighted by molar-refractivity contribution is 0.0277. The number of aromatic nitrogens is 1. The molecular weight excluding hydrogens is 290 g/mol. The zero-order chi connectivity index (χ0) is 16.4. The second-order valence-electron chi connectivity index (χ2n) is 6.28. The van der Waals surface area contributed by atoms with Crippen LogP contribution in [0.4, 0.5) is 0 Å². The highest BCUT2D eigenvalue weighted by Crippen LogP contribution is 2.37. The molecule has 1 aromatic carbocycles. The Morgan fingerprint density at radius 1 is 1.09 bits per heavy atom. The van der Waals surface area contributed by atoms with Crippen molar-refractivity contribution in [2.45, 2.75) is 45.1 Å². The molecule has 1 saturated carbocycles. The molecule has 2 aromatic rings. The molecule has 0 bridgehead atoms. The number of rotatable bonds is 3. The zero-order valence-electron chi connectivity index (χ0n) is 13.5. The lowest BCUT2D eigenvalue weighted by Gasteiger charge is -2.20. The van der Waals surface area contributed by atoms with Crippen molar-refractivity contribution >= 4 is 5.97 Å². The van der Waals surface area contributed by atoms with Crippen LogP contribution in [0, 0.1) is 13.8 Å². The molecular formula is C19H21NO3. The van der Waals surface area contributed by atoms with E-state index in [-0.39, 0.29) is 23.1 Å². The Labute approximate surface area is 135 Å². The van der Waals surface area contributed by atoms with Gasteiger partial charge in [-0.05, 0) is 50.8 Å². The Morgan fingerprint density at radius 2 is 1.83 bits per heavy atom. The van der Waals surface area contributed by atoms with Gasteiger partial charge in [0.25, 0.3) is 5.56 Å². The lowest BCUT2D eigenvalue weighted by Crippen LogP contribution is -2.26. The largest absolute Gasteiger partial charge is 0.458 e. The van der Waals surface area contributed by atoms with Crippen molar-refractivity contribution in [2.24, 2.45) is 0 Å². The first-order valence-electron chi connectivity index (χ1n) is 8.02. The molecule has 1 heterocycles. The molecule has 3 rings (SSSR count). The molecule has 23 heavy (non-hydrogen) atoms. The molecule has 0 saturated heterocycles. The van der Waals surface area contributed by atoms with E-state index in [9.17, 15) is 9.59 Å². The SMILES string of the molecule is Cc1ccc([C@H]2CCC[C@@H]2OC(=O)c2ccc(C)[nH]c2=O)cc1. The zero-order valence-corrected chi connectivity index (χ0v) is 13.5. The highest BCUT2D eigenvalue weighted by Gasteiger charge is 2.32. The smallest absolute Gasteiger partial charge is 0.344 e. The summed E-state index contributed by atoms with van der Waals surface area (Å²) in [7, 11) is 0. The molecule has 1 aromatic heterocycles. The number of benzene rings is 1. The standard InChI is InChI=1S/C19H21NO3/c1-12-6-9-14(10-7-12)15-4-3-5-17(15)23-19(22)16-11-8-13(2)20-18(16)21/h6-11,15,17H,3-5H2,1-2H3,(H,20,21)/t15-,17+/m1/s1. The summed E-state index contributed by atoms with van der Waals surface area (Å²) in [6.07, 6.45) is 2.71. The Morgan fingerprint density at radius 3 is 2.52 bits per heavy atom. The molecule has 1 aliphatic rings. The number of nitrogens with one attached hydrogen (secondary N) is 1. The van der Waals surface area contributed by atoms with Crippen molar-refractivity contribution in [3.05, 3.63) is 69.1 Å². The molecule has 0 amide bonds. The number of esters is 1. The predicted molar refractivity (Wildman–Crippen MR) is 88.8 cm³/mol. The third-order valence-electron chi connectivity index (χ3n) is 4.49. The second-order valence-corrected chi connectivity index (χ2v) is 6.28. The van der Waals surface area contributed by atoms with Gasteiger partial charge in [0.05, 0.1) is 0 Å². The summed E-state index contributed by atoms with van der Waals surface area (Å²) in [4.78, 5) is 26.8. The molecule has 0 aliphatic heterocycles. The first kappa shape index (κ1) is 15.5. The van der Waals surface area contributed by atoms with Crippen molar-refractivity contribution in [1.29, 1.82) is 0 Å². The van der Waals surface area contributed by atoms with Crippen LogP contribution in [0.1, 0.15) is 52.4 Å². The Kier molecular flexibility index (Phi) is 4.33. The van der Waals surface area contributed by atoms with E-state index in [0.29, 0.717) is 0 Å². The van der Waals surface area contributed by atoms with Gasteiger partial charge in [0.2, 0.25) is 0 Å². The van der Waals surface area contributed by atoms with Gasteiger partial charge in [0.15, 0.2) is 0 Å². The normalized spacial score (nSPS) is 20.4. The lowest BCUT2D eigenvalue weighted by atomic mass is 9.95. The topological polar surface area (TPSA) is 59.2 Å². The number of carbonyl (C=O) groups is 1. The van der Waals surface area contributed by atoms with Gasteiger partial charge in [0.1, 0.15) is 11.7 Å². The first-order chi connectivity index (χ1) is 11.0. The Bertz CT molecular complexity index is 761. The number of H-pyrrole nitrogens is 1. The number of carbonyl (C=O) groups excluding carboxylic acids is 1. The van der Waals surface area contributed by atoms with Gasteiger partial charge in [-0.15, -0.1) is 0 Å². The minimum Gasteiger partial charge on any atom is -0.458 e. The highest BCUT2D eigenvalue weighted by molar-refractivity contribution is 5.89. The summed E-state index contributed by atoms with van der Waals surface area (Å²) in [6, 6.07) is 11.6. The summed E-state index contributed by atoms with van der Waals surface area (Å²) in [5, 5.41) is 0. The molecule has 0 radical (unpaired) electrons. The van der Waals surface area contributed by atoms with Crippen molar-refractivity contribution in [1.82, 2.24) is 4.98 Å². The fourth-order valence-corrected chi connectivity index (χ4v) is 3.20. The number of ether oxygens (including phenoxy) is 1. The number of hydrogen-bond donors (Lipinski definition) is 1. The molecule has 1 fully saturated rings. The van der Waals surface area contributed by atoms with Gasteiger partial charge in [-0.3, -0.25) is 4.79 Å². The van der Waals surface area contributed by atoms with E-state index in [0.717, 1.165) is 25.0 Å². The highest BCUT2D eigenvalue weighted by atomic mass is 16.5. The number of aromatic amines is 1. The van der Waals surface area contributed by atoms with Crippen LogP contribution in [-0.4, -0.2) is 17.1 Å². The summed E-state index contributed by atoms with van der Waals surface area (Å²) < 4.78 is 5.66. The van der Waals surface area contributed by atoms with E-state index in [1.807, 2.05) is 0 Å². The maximum atomic E-state index is 12.3. The third-order valence-corrected chi connectivity index (χ3v) is 4.49. The molecule has 4 heteroatoms. The molecule has 120 valence electrons. The maximum Gasteiger partial charge on any atom is 0.344 e. The van der Waals surface area contributed by atoms with Crippen LogP contribution in [0.15, 0.2) is 41.2 Å². The number of pyridine rings is 1. The quantitative estimate of drug-likeness (QED) is 0.883. The van der Waals surface area contributed by atoms with Crippen LogP contribution in [0.25, 0.3) is 0 Å². The van der Waals surface area contributed by atoms with Gasteiger partial charge >= 0.3 is 5.97 Å². The van der Waals surface area contributed by atoms with E-state index in [2.05, 4.69) is 36.2 Å². The number of hydrogen-bond acceptors (Lipinski definition) is 3. The van der Waals surface area contributed by atoms with Gasteiger partial charge in [-0.25, -0.2) is 4.79 Å². The third kappa shape index (κ3) is 3.36. The molecule has 4 nitrogen and oxygen atoms in total.